The lowest BCUT2D eigenvalue weighted by Crippen LogP contribution is -2.34. The molecule has 0 atom stereocenters. The van der Waals surface area contributed by atoms with E-state index in [0.29, 0.717) is 18.1 Å². The molecule has 140 valence electrons. The fraction of sp³-hybridized carbons (Fsp3) is 0.300. The van der Waals surface area contributed by atoms with Crippen LogP contribution in [-0.2, 0) is 16.6 Å². The number of rotatable bonds is 3. The molecule has 3 heterocycles. The van der Waals surface area contributed by atoms with E-state index in [9.17, 15) is 9.18 Å². The maximum atomic E-state index is 13.2. The van der Waals surface area contributed by atoms with E-state index in [1.807, 2.05) is 10.5 Å². The number of fused-ring (bicyclic) bond motifs is 3. The highest BCUT2D eigenvalue weighted by atomic mass is 35.5. The summed E-state index contributed by atoms with van der Waals surface area (Å²) in [4.78, 5) is 18.6. The van der Waals surface area contributed by atoms with Gasteiger partial charge < -0.3 is 4.90 Å². The van der Waals surface area contributed by atoms with Gasteiger partial charge in [0.05, 0.1) is 11.4 Å². The smallest absolute Gasteiger partial charge is 0.241 e. The molecule has 2 aromatic heterocycles. The van der Waals surface area contributed by atoms with Gasteiger partial charge in [-0.1, -0.05) is 37.6 Å². The standard InChI is InChI=1S/C20H18Cl2FN3O/c1-20(2)11-26(17(27)9-21)15-8-13(7-12-3-5-14(23)6-4-12)19-24-16(22)10-25(19)18(15)20/h3-6,8,10H,7,9,11H2,1-2H3. The Morgan fingerprint density at radius 2 is 2.00 bits per heavy atom. The van der Waals surface area contributed by atoms with Crippen molar-refractivity contribution in [3.63, 3.8) is 0 Å². The zero-order chi connectivity index (χ0) is 19.3. The van der Waals surface area contributed by atoms with Crippen molar-refractivity contribution >= 4 is 40.4 Å². The summed E-state index contributed by atoms with van der Waals surface area (Å²) < 4.78 is 15.2. The van der Waals surface area contributed by atoms with Crippen molar-refractivity contribution in [2.24, 2.45) is 0 Å². The van der Waals surface area contributed by atoms with E-state index < -0.39 is 0 Å². The molecule has 0 unspecified atom stereocenters. The highest BCUT2D eigenvalue weighted by molar-refractivity contribution is 6.30. The van der Waals surface area contributed by atoms with Gasteiger partial charge >= 0.3 is 0 Å². The van der Waals surface area contributed by atoms with Crippen molar-refractivity contribution in [2.45, 2.75) is 25.7 Å². The number of pyridine rings is 1. The number of amides is 1. The number of hydrogen-bond acceptors (Lipinski definition) is 2. The monoisotopic (exact) mass is 405 g/mol. The average Bonchev–Trinajstić information content (AvgIpc) is 3.13. The van der Waals surface area contributed by atoms with Crippen LogP contribution in [0.2, 0.25) is 5.15 Å². The molecule has 3 aromatic rings. The summed E-state index contributed by atoms with van der Waals surface area (Å²) in [6.45, 7) is 4.71. The molecule has 4 nitrogen and oxygen atoms in total. The molecule has 1 aromatic carbocycles. The number of halogens is 3. The third-order valence-corrected chi connectivity index (χ3v) is 5.38. The Hall–Kier alpha value is -2.11. The zero-order valence-corrected chi connectivity index (χ0v) is 16.5. The molecule has 4 rings (SSSR count). The number of aromatic nitrogens is 2. The molecule has 0 bridgehead atoms. The largest absolute Gasteiger partial charge is 0.309 e. The maximum absolute atomic E-state index is 13.2. The first-order valence-corrected chi connectivity index (χ1v) is 9.53. The van der Waals surface area contributed by atoms with Crippen LogP contribution >= 0.6 is 23.2 Å². The van der Waals surface area contributed by atoms with E-state index in [0.717, 1.165) is 28.2 Å². The number of imidazole rings is 1. The predicted octanol–water partition coefficient (Wildman–Crippen LogP) is 4.58. The number of nitrogens with zero attached hydrogens (tertiary/aromatic N) is 3. The van der Waals surface area contributed by atoms with E-state index in [2.05, 4.69) is 18.8 Å². The van der Waals surface area contributed by atoms with Gasteiger partial charge in [-0.25, -0.2) is 9.37 Å². The van der Waals surface area contributed by atoms with Crippen molar-refractivity contribution in [3.8, 4) is 0 Å². The van der Waals surface area contributed by atoms with Crippen LogP contribution in [0.1, 0.15) is 30.7 Å². The SMILES string of the molecule is CC1(C)CN(C(=O)CCl)c2cc(Cc3ccc(F)cc3)c3nc(Cl)cn3c21. The van der Waals surface area contributed by atoms with Gasteiger partial charge in [-0.3, -0.25) is 9.20 Å². The van der Waals surface area contributed by atoms with Crippen LogP contribution in [0.3, 0.4) is 0 Å². The van der Waals surface area contributed by atoms with Crippen LogP contribution in [0.4, 0.5) is 10.1 Å². The Labute approximate surface area is 166 Å². The van der Waals surface area contributed by atoms with E-state index in [4.69, 9.17) is 23.2 Å². The second kappa shape index (κ2) is 6.50. The Kier molecular flexibility index (Phi) is 4.40. The summed E-state index contributed by atoms with van der Waals surface area (Å²) in [5.74, 6) is -0.491. The molecule has 1 amide bonds. The summed E-state index contributed by atoms with van der Waals surface area (Å²) in [6, 6.07) is 8.34. The van der Waals surface area contributed by atoms with Crippen molar-refractivity contribution in [3.05, 3.63) is 64.3 Å². The van der Waals surface area contributed by atoms with Crippen LogP contribution in [-0.4, -0.2) is 27.7 Å². The lowest BCUT2D eigenvalue weighted by atomic mass is 9.90. The Bertz CT molecular complexity index is 1040. The molecule has 0 spiro atoms. The fourth-order valence-electron chi connectivity index (χ4n) is 3.85. The van der Waals surface area contributed by atoms with Crippen LogP contribution < -0.4 is 4.90 Å². The quantitative estimate of drug-likeness (QED) is 0.598. The lowest BCUT2D eigenvalue weighted by Gasteiger charge is -2.20. The van der Waals surface area contributed by atoms with Crippen LogP contribution in [0.25, 0.3) is 5.65 Å². The van der Waals surface area contributed by atoms with Gasteiger partial charge in [0, 0.05) is 30.1 Å². The molecule has 0 N–H and O–H groups in total. The first kappa shape index (κ1) is 18.3. The van der Waals surface area contributed by atoms with Crippen molar-refractivity contribution in [2.75, 3.05) is 17.3 Å². The first-order valence-electron chi connectivity index (χ1n) is 8.62. The van der Waals surface area contributed by atoms with Gasteiger partial charge in [0.15, 0.2) is 0 Å². The summed E-state index contributed by atoms with van der Waals surface area (Å²) in [5.41, 5.74) is 4.15. The Balaban J connectivity index is 1.92. The lowest BCUT2D eigenvalue weighted by molar-refractivity contribution is -0.116. The number of alkyl halides is 1. The highest BCUT2D eigenvalue weighted by Gasteiger charge is 2.40. The molecule has 0 saturated carbocycles. The van der Waals surface area contributed by atoms with Gasteiger partial charge in [0.1, 0.15) is 22.5 Å². The first-order chi connectivity index (χ1) is 12.8. The third-order valence-electron chi connectivity index (χ3n) is 4.97. The number of carbonyl (C=O) groups is 1. The Morgan fingerprint density at radius 1 is 1.30 bits per heavy atom. The molecular weight excluding hydrogens is 388 g/mol. The second-order valence-electron chi connectivity index (χ2n) is 7.46. The molecule has 7 heteroatoms. The summed E-state index contributed by atoms with van der Waals surface area (Å²) in [5, 5.41) is 0.390. The van der Waals surface area contributed by atoms with Gasteiger partial charge in [-0.05, 0) is 23.8 Å². The van der Waals surface area contributed by atoms with E-state index in [-0.39, 0.29) is 23.0 Å². The molecule has 1 aliphatic rings. The number of carbonyl (C=O) groups excluding carboxylic acids is 1. The molecule has 1 aliphatic heterocycles. The van der Waals surface area contributed by atoms with E-state index in [1.165, 1.54) is 12.1 Å². The molecule has 0 saturated heterocycles. The number of benzene rings is 1. The van der Waals surface area contributed by atoms with E-state index >= 15 is 0 Å². The third kappa shape index (κ3) is 3.09. The van der Waals surface area contributed by atoms with Gasteiger partial charge in [0.25, 0.3) is 0 Å². The molecule has 0 radical (unpaired) electrons. The summed E-state index contributed by atoms with van der Waals surface area (Å²) >= 11 is 12.0. The Morgan fingerprint density at radius 3 is 2.67 bits per heavy atom. The van der Waals surface area contributed by atoms with Crippen molar-refractivity contribution in [1.82, 2.24) is 9.38 Å². The number of anilines is 1. The van der Waals surface area contributed by atoms with Crippen LogP contribution in [0.15, 0.2) is 36.5 Å². The van der Waals surface area contributed by atoms with Crippen LogP contribution in [0, 0.1) is 5.82 Å². The topological polar surface area (TPSA) is 37.6 Å². The van der Waals surface area contributed by atoms with Crippen molar-refractivity contribution in [1.29, 1.82) is 0 Å². The van der Waals surface area contributed by atoms with Crippen molar-refractivity contribution < 1.29 is 9.18 Å². The summed E-state index contributed by atoms with van der Waals surface area (Å²) in [7, 11) is 0. The highest BCUT2D eigenvalue weighted by Crippen LogP contribution is 2.42. The molecule has 0 aliphatic carbocycles. The predicted molar refractivity (Wildman–Crippen MR) is 106 cm³/mol. The average molecular weight is 406 g/mol. The molecule has 27 heavy (non-hydrogen) atoms. The fourth-order valence-corrected chi connectivity index (χ4v) is 4.17. The second-order valence-corrected chi connectivity index (χ2v) is 8.12. The molecular formula is C20H18Cl2FN3O. The minimum Gasteiger partial charge on any atom is -0.309 e. The summed E-state index contributed by atoms with van der Waals surface area (Å²) in [6.07, 6.45) is 2.33. The van der Waals surface area contributed by atoms with Gasteiger partial charge in [0.2, 0.25) is 5.91 Å². The minimum atomic E-state index is -0.276. The van der Waals surface area contributed by atoms with Gasteiger partial charge in [-0.15, -0.1) is 11.6 Å². The van der Waals surface area contributed by atoms with E-state index in [1.54, 1.807) is 23.2 Å². The molecule has 0 fully saturated rings. The minimum absolute atomic E-state index is 0.0778. The maximum Gasteiger partial charge on any atom is 0.241 e. The number of hydrogen-bond donors (Lipinski definition) is 0. The van der Waals surface area contributed by atoms with Crippen LogP contribution in [0.5, 0.6) is 0 Å². The zero-order valence-electron chi connectivity index (χ0n) is 15.0. The normalized spacial score (nSPS) is 15.4. The van der Waals surface area contributed by atoms with Gasteiger partial charge in [-0.2, -0.15) is 0 Å².